The third-order valence-electron chi connectivity index (χ3n) is 3.27. The molecule has 0 saturated carbocycles. The number of ether oxygens (including phenoxy) is 1. The molecule has 0 aliphatic heterocycles. The number of hydrogen-bond acceptors (Lipinski definition) is 4. The molecule has 1 N–H and O–H groups in total. The Hall–Kier alpha value is -2.40. The molecule has 0 bridgehead atoms. The standard InChI is InChI=1S/C17H20N4O/c1-13(2)22-15-7-5-6-14(10-15)11-18-12-17-20-19-16-8-3-4-9-21(16)17/h3-10,13,18H,11-12H2,1-2H3. The smallest absolute Gasteiger partial charge is 0.160 e. The van der Waals surface area contributed by atoms with Gasteiger partial charge in [-0.2, -0.15) is 0 Å². The van der Waals surface area contributed by atoms with Crippen LogP contribution in [-0.2, 0) is 13.1 Å². The maximum absolute atomic E-state index is 5.71. The molecule has 0 unspecified atom stereocenters. The maximum atomic E-state index is 5.71. The fourth-order valence-corrected chi connectivity index (χ4v) is 2.33. The fourth-order valence-electron chi connectivity index (χ4n) is 2.33. The van der Waals surface area contributed by atoms with Crippen LogP contribution in [0.25, 0.3) is 5.65 Å². The first-order chi connectivity index (χ1) is 10.7. The third kappa shape index (κ3) is 3.43. The molecule has 0 aliphatic carbocycles. The zero-order valence-electron chi connectivity index (χ0n) is 12.9. The van der Waals surface area contributed by atoms with Gasteiger partial charge in [0.15, 0.2) is 11.5 Å². The summed E-state index contributed by atoms with van der Waals surface area (Å²) in [7, 11) is 0. The van der Waals surface area contributed by atoms with Gasteiger partial charge in [-0.1, -0.05) is 18.2 Å². The van der Waals surface area contributed by atoms with Crippen LogP contribution in [0.5, 0.6) is 5.75 Å². The zero-order chi connectivity index (χ0) is 15.4. The van der Waals surface area contributed by atoms with Crippen molar-refractivity contribution in [3.05, 3.63) is 60.0 Å². The first-order valence-electron chi connectivity index (χ1n) is 7.47. The zero-order valence-corrected chi connectivity index (χ0v) is 12.9. The Morgan fingerprint density at radius 2 is 2.00 bits per heavy atom. The molecule has 0 atom stereocenters. The van der Waals surface area contributed by atoms with E-state index < -0.39 is 0 Å². The van der Waals surface area contributed by atoms with Crippen molar-refractivity contribution in [3.63, 3.8) is 0 Å². The van der Waals surface area contributed by atoms with Crippen molar-refractivity contribution in [2.75, 3.05) is 0 Å². The Bertz CT molecular complexity index is 751. The van der Waals surface area contributed by atoms with Crippen LogP contribution in [0.4, 0.5) is 0 Å². The van der Waals surface area contributed by atoms with Gasteiger partial charge < -0.3 is 10.1 Å². The van der Waals surface area contributed by atoms with Crippen molar-refractivity contribution in [2.45, 2.75) is 33.0 Å². The molecule has 2 aromatic heterocycles. The van der Waals surface area contributed by atoms with Crippen molar-refractivity contribution in [3.8, 4) is 5.75 Å². The number of benzene rings is 1. The Labute approximate surface area is 130 Å². The summed E-state index contributed by atoms with van der Waals surface area (Å²) in [6, 6.07) is 14.0. The number of fused-ring (bicyclic) bond motifs is 1. The van der Waals surface area contributed by atoms with Crippen LogP contribution in [0.2, 0.25) is 0 Å². The van der Waals surface area contributed by atoms with E-state index >= 15 is 0 Å². The van der Waals surface area contributed by atoms with Crippen molar-refractivity contribution < 1.29 is 4.74 Å². The van der Waals surface area contributed by atoms with E-state index in [1.807, 2.05) is 54.8 Å². The predicted octanol–water partition coefficient (Wildman–Crippen LogP) is 2.81. The minimum absolute atomic E-state index is 0.186. The predicted molar refractivity (Wildman–Crippen MR) is 85.7 cm³/mol. The van der Waals surface area contributed by atoms with E-state index in [9.17, 15) is 0 Å². The quantitative estimate of drug-likeness (QED) is 0.760. The summed E-state index contributed by atoms with van der Waals surface area (Å²) >= 11 is 0. The largest absolute Gasteiger partial charge is 0.491 e. The van der Waals surface area contributed by atoms with E-state index in [4.69, 9.17) is 4.74 Å². The van der Waals surface area contributed by atoms with Gasteiger partial charge in [-0.25, -0.2) is 0 Å². The summed E-state index contributed by atoms with van der Waals surface area (Å²) in [6.07, 6.45) is 2.16. The number of nitrogens with one attached hydrogen (secondary N) is 1. The van der Waals surface area contributed by atoms with E-state index in [1.165, 1.54) is 5.56 Å². The first-order valence-corrected chi connectivity index (χ1v) is 7.47. The van der Waals surface area contributed by atoms with E-state index in [0.717, 1.165) is 23.8 Å². The second-order valence-electron chi connectivity index (χ2n) is 5.46. The maximum Gasteiger partial charge on any atom is 0.160 e. The minimum atomic E-state index is 0.186. The van der Waals surface area contributed by atoms with Gasteiger partial charge in [-0.05, 0) is 43.7 Å². The van der Waals surface area contributed by atoms with Gasteiger partial charge in [0.25, 0.3) is 0 Å². The molecule has 0 amide bonds. The molecule has 3 aromatic rings. The van der Waals surface area contributed by atoms with Gasteiger partial charge in [0.2, 0.25) is 0 Å². The van der Waals surface area contributed by atoms with Crippen molar-refractivity contribution >= 4 is 5.65 Å². The molecule has 0 saturated heterocycles. The summed E-state index contributed by atoms with van der Waals surface area (Å²) in [4.78, 5) is 0. The molecule has 3 rings (SSSR count). The third-order valence-corrected chi connectivity index (χ3v) is 3.27. The lowest BCUT2D eigenvalue weighted by molar-refractivity contribution is 0.242. The highest BCUT2D eigenvalue weighted by atomic mass is 16.5. The number of aromatic nitrogens is 3. The van der Waals surface area contributed by atoms with E-state index in [-0.39, 0.29) is 6.10 Å². The Morgan fingerprint density at radius 1 is 1.09 bits per heavy atom. The lowest BCUT2D eigenvalue weighted by atomic mass is 10.2. The second kappa shape index (κ2) is 6.58. The average molecular weight is 296 g/mol. The van der Waals surface area contributed by atoms with Crippen LogP contribution in [0.3, 0.4) is 0 Å². The normalized spacial score (nSPS) is 11.2. The lowest BCUT2D eigenvalue weighted by Crippen LogP contribution is -2.15. The van der Waals surface area contributed by atoms with Gasteiger partial charge in [0.05, 0.1) is 12.6 Å². The van der Waals surface area contributed by atoms with Gasteiger partial charge in [-0.15, -0.1) is 10.2 Å². The van der Waals surface area contributed by atoms with E-state index in [0.29, 0.717) is 6.54 Å². The molecule has 0 radical (unpaired) electrons. The van der Waals surface area contributed by atoms with Gasteiger partial charge in [-0.3, -0.25) is 4.40 Å². The molecule has 0 spiro atoms. The second-order valence-corrected chi connectivity index (χ2v) is 5.46. The van der Waals surface area contributed by atoms with Crippen LogP contribution in [0, 0.1) is 0 Å². The monoisotopic (exact) mass is 296 g/mol. The number of pyridine rings is 1. The molecular formula is C17H20N4O. The van der Waals surface area contributed by atoms with E-state index in [2.05, 4.69) is 27.6 Å². The van der Waals surface area contributed by atoms with Gasteiger partial charge in [0, 0.05) is 12.7 Å². The number of nitrogens with zero attached hydrogens (tertiary/aromatic N) is 3. The topological polar surface area (TPSA) is 51.5 Å². The van der Waals surface area contributed by atoms with Gasteiger partial charge in [0.1, 0.15) is 5.75 Å². The van der Waals surface area contributed by atoms with Crippen molar-refractivity contribution in [1.82, 2.24) is 19.9 Å². The van der Waals surface area contributed by atoms with Crippen LogP contribution >= 0.6 is 0 Å². The Morgan fingerprint density at radius 3 is 2.86 bits per heavy atom. The fraction of sp³-hybridized carbons (Fsp3) is 0.294. The van der Waals surface area contributed by atoms with Crippen molar-refractivity contribution in [1.29, 1.82) is 0 Å². The number of rotatable bonds is 6. The molecule has 2 heterocycles. The molecular weight excluding hydrogens is 276 g/mol. The average Bonchev–Trinajstić information content (AvgIpc) is 2.91. The molecule has 0 fully saturated rings. The number of hydrogen-bond donors (Lipinski definition) is 1. The first kappa shape index (κ1) is 14.5. The molecule has 5 nitrogen and oxygen atoms in total. The highest BCUT2D eigenvalue weighted by molar-refractivity contribution is 5.37. The Kier molecular flexibility index (Phi) is 4.34. The SMILES string of the molecule is CC(C)Oc1cccc(CNCc2nnc3ccccn23)c1. The van der Waals surface area contributed by atoms with Gasteiger partial charge >= 0.3 is 0 Å². The molecule has 1 aromatic carbocycles. The van der Waals surface area contributed by atoms with E-state index in [1.54, 1.807) is 0 Å². The highest BCUT2D eigenvalue weighted by Gasteiger charge is 2.04. The van der Waals surface area contributed by atoms with Crippen molar-refractivity contribution in [2.24, 2.45) is 0 Å². The lowest BCUT2D eigenvalue weighted by Gasteiger charge is -2.11. The summed E-state index contributed by atoms with van der Waals surface area (Å²) in [6.45, 7) is 5.49. The summed E-state index contributed by atoms with van der Waals surface area (Å²) < 4.78 is 7.70. The summed E-state index contributed by atoms with van der Waals surface area (Å²) in [5, 5.41) is 11.8. The van der Waals surface area contributed by atoms with Crippen LogP contribution in [0.1, 0.15) is 25.2 Å². The Balaban J connectivity index is 1.61. The van der Waals surface area contributed by atoms with Crippen LogP contribution in [0.15, 0.2) is 48.7 Å². The summed E-state index contributed by atoms with van der Waals surface area (Å²) in [5.41, 5.74) is 2.05. The van der Waals surface area contributed by atoms with Crippen LogP contribution in [-0.4, -0.2) is 20.7 Å². The minimum Gasteiger partial charge on any atom is -0.491 e. The molecule has 22 heavy (non-hydrogen) atoms. The van der Waals surface area contributed by atoms with Crippen LogP contribution < -0.4 is 10.1 Å². The highest BCUT2D eigenvalue weighted by Crippen LogP contribution is 2.15. The molecule has 114 valence electrons. The molecule has 0 aliphatic rings. The summed E-state index contributed by atoms with van der Waals surface area (Å²) in [5.74, 6) is 1.81. The molecule has 5 heteroatoms.